The van der Waals surface area contributed by atoms with Crippen LogP contribution >= 0.6 is 0 Å². The molecule has 0 aromatic carbocycles. The molecule has 0 saturated carbocycles. The highest BCUT2D eigenvalue weighted by Gasteiger charge is 2.47. The molecule has 1 saturated heterocycles. The quantitative estimate of drug-likeness (QED) is 0.700. The lowest BCUT2D eigenvalue weighted by molar-refractivity contribution is -0.157. The fourth-order valence-corrected chi connectivity index (χ4v) is 2.97. The Morgan fingerprint density at radius 1 is 1.19 bits per heavy atom. The summed E-state index contributed by atoms with van der Waals surface area (Å²) in [5.41, 5.74) is -0.684. The van der Waals surface area contributed by atoms with Crippen molar-refractivity contribution in [2.24, 2.45) is 5.92 Å². The van der Waals surface area contributed by atoms with Crippen LogP contribution < -0.4 is 5.32 Å². The van der Waals surface area contributed by atoms with Crippen LogP contribution in [0, 0.1) is 5.92 Å². The van der Waals surface area contributed by atoms with Gasteiger partial charge in [-0.1, -0.05) is 47.0 Å². The Hall–Kier alpha value is -1.06. The molecule has 0 radical (unpaired) electrons. The van der Waals surface area contributed by atoms with Gasteiger partial charge >= 0.3 is 0 Å². The zero-order valence-corrected chi connectivity index (χ0v) is 14.4. The van der Waals surface area contributed by atoms with E-state index in [9.17, 15) is 9.59 Å². The molecule has 1 aliphatic rings. The summed E-state index contributed by atoms with van der Waals surface area (Å²) < 4.78 is 0. The summed E-state index contributed by atoms with van der Waals surface area (Å²) in [6, 6.07) is -0.344. The number of unbranched alkanes of at least 4 members (excludes halogenated alkanes) is 3. The second-order valence-corrected chi connectivity index (χ2v) is 6.83. The van der Waals surface area contributed by atoms with Crippen LogP contribution in [-0.4, -0.2) is 34.8 Å². The van der Waals surface area contributed by atoms with Crippen LogP contribution in [0.5, 0.6) is 0 Å². The molecule has 4 heteroatoms. The van der Waals surface area contributed by atoms with Gasteiger partial charge in [0.1, 0.15) is 11.6 Å². The van der Waals surface area contributed by atoms with Gasteiger partial charge < -0.3 is 10.2 Å². The van der Waals surface area contributed by atoms with Crippen LogP contribution in [-0.2, 0) is 9.59 Å². The first-order chi connectivity index (χ1) is 9.86. The van der Waals surface area contributed by atoms with Crippen LogP contribution in [0.1, 0.15) is 73.1 Å². The summed E-state index contributed by atoms with van der Waals surface area (Å²) in [4.78, 5) is 27.1. The van der Waals surface area contributed by atoms with E-state index in [0.717, 1.165) is 19.3 Å². The van der Waals surface area contributed by atoms with E-state index in [2.05, 4.69) is 26.1 Å². The Kier molecular flexibility index (Phi) is 6.69. The highest BCUT2D eigenvalue weighted by molar-refractivity contribution is 5.99. The average molecular weight is 296 g/mol. The van der Waals surface area contributed by atoms with Gasteiger partial charge in [-0.2, -0.15) is 0 Å². The van der Waals surface area contributed by atoms with E-state index in [-0.39, 0.29) is 17.9 Å². The molecule has 0 aromatic rings. The monoisotopic (exact) mass is 296 g/mol. The van der Waals surface area contributed by atoms with Crippen LogP contribution in [0.3, 0.4) is 0 Å². The summed E-state index contributed by atoms with van der Waals surface area (Å²) in [6.07, 6.45) is 5.85. The molecule has 0 aromatic heterocycles. The van der Waals surface area contributed by atoms with E-state index < -0.39 is 5.54 Å². The third-order valence-corrected chi connectivity index (χ3v) is 4.59. The largest absolute Gasteiger partial charge is 0.342 e. The molecule has 2 atom stereocenters. The molecule has 21 heavy (non-hydrogen) atoms. The van der Waals surface area contributed by atoms with Crippen molar-refractivity contribution in [1.82, 2.24) is 10.2 Å². The van der Waals surface area contributed by atoms with Gasteiger partial charge in [0.05, 0.1) is 0 Å². The zero-order valence-electron chi connectivity index (χ0n) is 14.4. The fourth-order valence-electron chi connectivity index (χ4n) is 2.97. The number of carbonyl (C=O) groups is 2. The minimum Gasteiger partial charge on any atom is -0.342 e. The van der Waals surface area contributed by atoms with Gasteiger partial charge in [0.25, 0.3) is 0 Å². The van der Waals surface area contributed by atoms with Gasteiger partial charge in [-0.25, -0.2) is 0 Å². The lowest BCUT2D eigenvalue weighted by Crippen LogP contribution is -2.69. The molecule has 0 bridgehead atoms. The van der Waals surface area contributed by atoms with Crippen molar-refractivity contribution in [2.75, 3.05) is 6.54 Å². The zero-order chi connectivity index (χ0) is 16.0. The summed E-state index contributed by atoms with van der Waals surface area (Å²) >= 11 is 0. The molecule has 4 nitrogen and oxygen atoms in total. The van der Waals surface area contributed by atoms with Crippen molar-refractivity contribution in [3.63, 3.8) is 0 Å². The second kappa shape index (κ2) is 7.81. The maximum atomic E-state index is 12.8. The van der Waals surface area contributed by atoms with Gasteiger partial charge in [0, 0.05) is 6.54 Å². The van der Waals surface area contributed by atoms with E-state index in [4.69, 9.17) is 0 Å². The maximum absolute atomic E-state index is 12.8. The molecular weight excluding hydrogens is 264 g/mol. The Bertz CT molecular complexity index is 368. The normalized spacial score (nSPS) is 26.4. The summed E-state index contributed by atoms with van der Waals surface area (Å²) in [6.45, 7) is 10.9. The van der Waals surface area contributed by atoms with E-state index >= 15 is 0 Å². The van der Waals surface area contributed by atoms with E-state index in [1.54, 1.807) is 0 Å². The predicted molar refractivity (Wildman–Crippen MR) is 85.9 cm³/mol. The molecule has 2 amide bonds. The van der Waals surface area contributed by atoms with Crippen LogP contribution in [0.25, 0.3) is 0 Å². The highest BCUT2D eigenvalue weighted by atomic mass is 16.2. The number of nitrogens with one attached hydrogen (secondary N) is 1. The Balaban J connectivity index is 2.83. The Morgan fingerprint density at radius 2 is 1.86 bits per heavy atom. The van der Waals surface area contributed by atoms with Crippen molar-refractivity contribution in [2.45, 2.75) is 84.7 Å². The number of carbonyl (C=O) groups excluding carboxylic acids is 2. The topological polar surface area (TPSA) is 49.4 Å². The van der Waals surface area contributed by atoms with Crippen LogP contribution in [0.2, 0.25) is 0 Å². The predicted octanol–water partition coefficient (Wildman–Crippen LogP) is 3.11. The van der Waals surface area contributed by atoms with Gasteiger partial charge in [0.2, 0.25) is 11.8 Å². The van der Waals surface area contributed by atoms with Crippen LogP contribution in [0.15, 0.2) is 0 Å². The molecule has 2 unspecified atom stereocenters. The fraction of sp³-hybridized carbons (Fsp3) is 0.882. The molecular formula is C17H32N2O2. The van der Waals surface area contributed by atoms with Crippen molar-refractivity contribution in [1.29, 1.82) is 0 Å². The SMILES string of the molecule is CCCCCCN1C(=O)C(CC(C)C)NC(=O)C1(C)CC. The third kappa shape index (κ3) is 4.21. The smallest absolute Gasteiger partial charge is 0.246 e. The molecule has 1 rings (SSSR count). The van der Waals surface area contributed by atoms with E-state index in [0.29, 0.717) is 18.9 Å². The molecule has 1 aliphatic heterocycles. The Labute approximate surface area is 129 Å². The molecule has 0 aliphatic carbocycles. The van der Waals surface area contributed by atoms with Gasteiger partial charge in [0.15, 0.2) is 0 Å². The van der Waals surface area contributed by atoms with Crippen LogP contribution in [0.4, 0.5) is 0 Å². The summed E-state index contributed by atoms with van der Waals surface area (Å²) in [5.74, 6) is 0.502. The number of piperazine rings is 1. The number of hydrogen-bond donors (Lipinski definition) is 1. The van der Waals surface area contributed by atoms with Crippen molar-refractivity contribution in [3.05, 3.63) is 0 Å². The first-order valence-corrected chi connectivity index (χ1v) is 8.49. The average Bonchev–Trinajstić information content (AvgIpc) is 2.43. The number of hydrogen-bond acceptors (Lipinski definition) is 2. The van der Waals surface area contributed by atoms with Gasteiger partial charge in [-0.15, -0.1) is 0 Å². The lowest BCUT2D eigenvalue weighted by atomic mass is 9.88. The van der Waals surface area contributed by atoms with E-state index in [1.165, 1.54) is 12.8 Å². The molecule has 1 N–H and O–H groups in total. The first-order valence-electron chi connectivity index (χ1n) is 8.49. The molecule has 1 fully saturated rings. The van der Waals surface area contributed by atoms with Crippen molar-refractivity contribution in [3.8, 4) is 0 Å². The number of rotatable bonds is 8. The third-order valence-electron chi connectivity index (χ3n) is 4.59. The van der Waals surface area contributed by atoms with Crippen molar-refractivity contribution >= 4 is 11.8 Å². The molecule has 0 spiro atoms. The number of amides is 2. The highest BCUT2D eigenvalue weighted by Crippen LogP contribution is 2.27. The standard InChI is InChI=1S/C17H32N2O2/c1-6-8-9-10-11-19-15(20)14(12-13(3)4)18-16(21)17(19,5)7-2/h13-14H,6-12H2,1-5H3,(H,18,21). The minimum atomic E-state index is -0.684. The van der Waals surface area contributed by atoms with Crippen molar-refractivity contribution < 1.29 is 9.59 Å². The number of nitrogens with zero attached hydrogens (tertiary/aromatic N) is 1. The maximum Gasteiger partial charge on any atom is 0.246 e. The van der Waals surface area contributed by atoms with Gasteiger partial charge in [-0.05, 0) is 32.1 Å². The Morgan fingerprint density at radius 3 is 2.38 bits per heavy atom. The molecule has 122 valence electrons. The second-order valence-electron chi connectivity index (χ2n) is 6.83. The minimum absolute atomic E-state index is 0.00532. The lowest BCUT2D eigenvalue weighted by Gasteiger charge is -2.46. The summed E-state index contributed by atoms with van der Waals surface area (Å²) in [5, 5.41) is 2.94. The summed E-state index contributed by atoms with van der Waals surface area (Å²) in [7, 11) is 0. The van der Waals surface area contributed by atoms with E-state index in [1.807, 2.05) is 18.7 Å². The first kappa shape index (κ1) is 18.0. The molecule has 1 heterocycles. The van der Waals surface area contributed by atoms with Gasteiger partial charge in [-0.3, -0.25) is 9.59 Å².